The van der Waals surface area contributed by atoms with Crippen LogP contribution in [-0.4, -0.2) is 16.1 Å². The Bertz CT molecular complexity index is 1460. The topological polar surface area (TPSA) is 62.3 Å². The number of aliphatic carboxylic acids is 1. The molecule has 0 aliphatic heterocycles. The Kier molecular flexibility index (Phi) is 7.58. The highest BCUT2D eigenvalue weighted by atomic mass is 19.4. The van der Waals surface area contributed by atoms with Crippen molar-refractivity contribution in [2.45, 2.75) is 44.9 Å². The molecule has 2 unspecified atom stereocenters. The lowest BCUT2D eigenvalue weighted by molar-refractivity contribution is -0.138. The van der Waals surface area contributed by atoms with Gasteiger partial charge in [-0.3, -0.25) is 4.79 Å². The number of aromatic amines is 1. The molecule has 0 amide bonds. The van der Waals surface area contributed by atoms with Crippen LogP contribution in [0.3, 0.4) is 0 Å². The number of aryl methyl sites for hydroxylation is 1. The number of ether oxygens (including phenoxy) is 1. The molecular formula is C30H26F3NO3. The van der Waals surface area contributed by atoms with Crippen molar-refractivity contribution in [3.63, 3.8) is 0 Å². The van der Waals surface area contributed by atoms with Crippen LogP contribution >= 0.6 is 0 Å². The largest absolute Gasteiger partial charge is 0.485 e. The lowest BCUT2D eigenvalue weighted by Gasteiger charge is -2.23. The molecule has 2 N–H and O–H groups in total. The fourth-order valence-corrected chi connectivity index (χ4v) is 4.49. The van der Waals surface area contributed by atoms with Crippen molar-refractivity contribution >= 4 is 16.9 Å². The molecule has 1 heterocycles. The van der Waals surface area contributed by atoms with Crippen LogP contribution in [0.15, 0.2) is 72.9 Å². The highest BCUT2D eigenvalue weighted by molar-refractivity contribution is 5.83. The number of benzene rings is 3. The number of alkyl halides is 3. The number of fused-ring (bicyclic) bond motifs is 1. The highest BCUT2D eigenvalue weighted by Crippen LogP contribution is 2.34. The first-order valence-electron chi connectivity index (χ1n) is 11.8. The molecule has 4 aromatic rings. The Morgan fingerprint density at radius 2 is 1.84 bits per heavy atom. The van der Waals surface area contributed by atoms with Crippen LogP contribution in [0.25, 0.3) is 10.9 Å². The van der Waals surface area contributed by atoms with Crippen LogP contribution in [0.2, 0.25) is 0 Å². The first kappa shape index (κ1) is 25.9. The Morgan fingerprint density at radius 1 is 1.08 bits per heavy atom. The SMILES string of the molecule is CC#CC(CC(=O)O)c1ccc(OC(Cc2cccc(C(F)(F)F)c2)c2ccc3cc[nH]c3c2C)cc1. The number of nitrogens with one attached hydrogen (secondary N) is 1. The van der Waals surface area contributed by atoms with Gasteiger partial charge in [-0.1, -0.05) is 48.4 Å². The predicted molar refractivity (Wildman–Crippen MR) is 136 cm³/mol. The summed E-state index contributed by atoms with van der Waals surface area (Å²) < 4.78 is 46.4. The standard InChI is InChI=1S/C30H26F3NO3/c1-3-5-23(18-28(35)36)21-8-11-25(12-9-21)37-27(17-20-6-4-7-24(16-20)30(31,32)33)26-13-10-22-14-15-34-29(22)19(26)2/h4,6-16,23,27,34H,17-18H2,1-2H3,(H,35,36). The van der Waals surface area contributed by atoms with Crippen LogP contribution in [0, 0.1) is 18.8 Å². The van der Waals surface area contributed by atoms with Gasteiger partial charge in [-0.25, -0.2) is 0 Å². The summed E-state index contributed by atoms with van der Waals surface area (Å²) in [5.41, 5.74) is 3.31. The van der Waals surface area contributed by atoms with Crippen molar-refractivity contribution in [2.75, 3.05) is 0 Å². The van der Waals surface area contributed by atoms with Gasteiger partial charge in [-0.2, -0.15) is 13.2 Å². The van der Waals surface area contributed by atoms with Crippen LogP contribution in [0.1, 0.15) is 53.2 Å². The molecule has 37 heavy (non-hydrogen) atoms. The third-order valence-electron chi connectivity index (χ3n) is 6.31. The number of carboxylic acid groups (broad SMARTS) is 1. The van der Waals surface area contributed by atoms with E-state index in [1.54, 1.807) is 37.3 Å². The molecule has 0 aliphatic carbocycles. The zero-order valence-electron chi connectivity index (χ0n) is 20.4. The summed E-state index contributed by atoms with van der Waals surface area (Å²) in [5.74, 6) is 4.82. The molecule has 0 radical (unpaired) electrons. The second-order valence-electron chi connectivity index (χ2n) is 8.84. The summed E-state index contributed by atoms with van der Waals surface area (Å²) >= 11 is 0. The van der Waals surface area contributed by atoms with Crippen molar-refractivity contribution in [1.29, 1.82) is 0 Å². The fourth-order valence-electron chi connectivity index (χ4n) is 4.49. The molecule has 1 aromatic heterocycles. The molecule has 2 atom stereocenters. The van der Waals surface area contributed by atoms with E-state index in [9.17, 15) is 23.1 Å². The monoisotopic (exact) mass is 505 g/mol. The Morgan fingerprint density at radius 3 is 2.51 bits per heavy atom. The zero-order chi connectivity index (χ0) is 26.6. The third-order valence-corrected chi connectivity index (χ3v) is 6.31. The van der Waals surface area contributed by atoms with Gasteiger partial charge in [0.1, 0.15) is 11.9 Å². The van der Waals surface area contributed by atoms with Gasteiger partial charge in [-0.05, 0) is 65.8 Å². The molecule has 190 valence electrons. The van der Waals surface area contributed by atoms with E-state index in [1.807, 2.05) is 31.3 Å². The van der Waals surface area contributed by atoms with E-state index in [1.165, 1.54) is 6.07 Å². The second kappa shape index (κ2) is 10.8. The molecule has 4 nitrogen and oxygen atoms in total. The van der Waals surface area contributed by atoms with Gasteiger partial charge in [-0.15, -0.1) is 5.92 Å². The molecule has 4 rings (SSSR count). The van der Waals surface area contributed by atoms with Gasteiger partial charge < -0.3 is 14.8 Å². The number of halogens is 3. The highest BCUT2D eigenvalue weighted by Gasteiger charge is 2.31. The molecule has 0 aliphatic rings. The molecular weight excluding hydrogens is 479 g/mol. The van der Waals surface area contributed by atoms with Gasteiger partial charge in [0.15, 0.2) is 0 Å². The second-order valence-corrected chi connectivity index (χ2v) is 8.84. The normalized spacial score (nSPS) is 13.0. The maximum absolute atomic E-state index is 13.3. The van der Waals surface area contributed by atoms with Gasteiger partial charge in [0.05, 0.1) is 17.9 Å². The van der Waals surface area contributed by atoms with Crippen LogP contribution in [0.5, 0.6) is 5.75 Å². The smallest absolute Gasteiger partial charge is 0.416 e. The van der Waals surface area contributed by atoms with Gasteiger partial charge in [0.2, 0.25) is 0 Å². The van der Waals surface area contributed by atoms with Gasteiger partial charge >= 0.3 is 12.1 Å². The van der Waals surface area contributed by atoms with Crippen LogP contribution in [0.4, 0.5) is 13.2 Å². The summed E-state index contributed by atoms with van der Waals surface area (Å²) in [6, 6.07) is 18.2. The van der Waals surface area contributed by atoms with Crippen molar-refractivity contribution < 1.29 is 27.8 Å². The molecule has 3 aromatic carbocycles. The van der Waals surface area contributed by atoms with Crippen molar-refractivity contribution in [3.05, 3.63) is 101 Å². The number of carboxylic acids is 1. The summed E-state index contributed by atoms with van der Waals surface area (Å²) in [7, 11) is 0. The lowest BCUT2D eigenvalue weighted by Crippen LogP contribution is -2.14. The van der Waals surface area contributed by atoms with E-state index >= 15 is 0 Å². The first-order chi connectivity index (χ1) is 17.7. The average molecular weight is 506 g/mol. The van der Waals surface area contributed by atoms with E-state index in [2.05, 4.69) is 16.8 Å². The number of carbonyl (C=O) groups is 1. The third kappa shape index (κ3) is 6.15. The fraction of sp³-hybridized carbons (Fsp3) is 0.233. The van der Waals surface area contributed by atoms with E-state index in [0.717, 1.165) is 39.7 Å². The Hall–Kier alpha value is -4.18. The van der Waals surface area contributed by atoms with E-state index in [4.69, 9.17) is 4.74 Å². The van der Waals surface area contributed by atoms with Crippen molar-refractivity contribution in [3.8, 4) is 17.6 Å². The molecule has 0 saturated heterocycles. The van der Waals surface area contributed by atoms with Crippen LogP contribution in [-0.2, 0) is 17.4 Å². The minimum Gasteiger partial charge on any atom is -0.485 e. The van der Waals surface area contributed by atoms with Gasteiger partial charge in [0, 0.05) is 18.1 Å². The summed E-state index contributed by atoms with van der Waals surface area (Å²) in [4.78, 5) is 14.4. The number of hydrogen-bond donors (Lipinski definition) is 2. The van der Waals surface area contributed by atoms with Crippen molar-refractivity contribution in [1.82, 2.24) is 4.98 Å². The van der Waals surface area contributed by atoms with E-state index in [-0.39, 0.29) is 12.8 Å². The minimum absolute atomic E-state index is 0.116. The number of H-pyrrole nitrogens is 1. The molecule has 0 bridgehead atoms. The Labute approximate surface area is 213 Å². The van der Waals surface area contributed by atoms with Crippen LogP contribution < -0.4 is 4.74 Å². The number of hydrogen-bond acceptors (Lipinski definition) is 2. The molecule has 0 spiro atoms. The van der Waals surface area contributed by atoms with Crippen molar-refractivity contribution in [2.24, 2.45) is 0 Å². The summed E-state index contributed by atoms with van der Waals surface area (Å²) in [6.07, 6.45) is -3.05. The maximum Gasteiger partial charge on any atom is 0.416 e. The summed E-state index contributed by atoms with van der Waals surface area (Å²) in [5, 5.41) is 10.2. The lowest BCUT2D eigenvalue weighted by atomic mass is 9.94. The maximum atomic E-state index is 13.3. The number of rotatable bonds is 8. The number of aromatic nitrogens is 1. The molecule has 0 fully saturated rings. The van der Waals surface area contributed by atoms with E-state index < -0.39 is 29.7 Å². The predicted octanol–water partition coefficient (Wildman–Crippen LogP) is 7.44. The Balaban J connectivity index is 1.68. The first-order valence-corrected chi connectivity index (χ1v) is 11.8. The van der Waals surface area contributed by atoms with Gasteiger partial charge in [0.25, 0.3) is 0 Å². The van der Waals surface area contributed by atoms with E-state index in [0.29, 0.717) is 11.3 Å². The summed E-state index contributed by atoms with van der Waals surface area (Å²) in [6.45, 7) is 3.62. The minimum atomic E-state index is -4.44. The molecule has 7 heteroatoms. The average Bonchev–Trinajstić information content (AvgIpc) is 3.34. The zero-order valence-corrected chi connectivity index (χ0v) is 20.4. The quantitative estimate of drug-likeness (QED) is 0.245. The molecule has 0 saturated carbocycles.